The van der Waals surface area contributed by atoms with E-state index >= 15 is 0 Å². The Kier molecular flexibility index (Phi) is 7.59. The van der Waals surface area contributed by atoms with Crippen LogP contribution in [0, 0.1) is 6.92 Å². The number of hydrogen-bond donors (Lipinski definition) is 0. The molecule has 5 nitrogen and oxygen atoms in total. The van der Waals surface area contributed by atoms with Gasteiger partial charge in [0.05, 0.1) is 12.2 Å². The van der Waals surface area contributed by atoms with E-state index in [4.69, 9.17) is 18.6 Å². The fourth-order valence-electron chi connectivity index (χ4n) is 5.21. The van der Waals surface area contributed by atoms with E-state index in [1.807, 2.05) is 55.5 Å². The minimum atomic E-state index is -2.92. The summed E-state index contributed by atoms with van der Waals surface area (Å²) in [6.45, 7) is 8.97. The van der Waals surface area contributed by atoms with Gasteiger partial charge in [-0.05, 0) is 34.0 Å². The fourth-order valence-corrected chi connectivity index (χ4v) is 9.69. The highest BCUT2D eigenvalue weighted by molar-refractivity contribution is 7.00. The molecule has 5 rings (SSSR count). The Labute approximate surface area is 231 Å². The van der Waals surface area contributed by atoms with Gasteiger partial charge in [0.15, 0.2) is 17.3 Å². The number of benzene rings is 4. The molecule has 0 N–H and O–H groups in total. The van der Waals surface area contributed by atoms with Crippen LogP contribution in [0.3, 0.4) is 0 Å². The van der Waals surface area contributed by atoms with Crippen LogP contribution in [0.2, 0.25) is 5.04 Å². The molecule has 4 aromatic rings. The molecule has 1 heterocycles. The van der Waals surface area contributed by atoms with Gasteiger partial charge in [-0.2, -0.15) is 0 Å². The lowest BCUT2D eigenvalue weighted by atomic mass is 10.1. The first-order valence-electron chi connectivity index (χ1n) is 13.2. The van der Waals surface area contributed by atoms with E-state index < -0.39 is 8.32 Å². The summed E-state index contributed by atoms with van der Waals surface area (Å²) < 4.78 is 24.7. The number of hydrogen-bond acceptors (Lipinski definition) is 5. The van der Waals surface area contributed by atoms with E-state index in [1.54, 1.807) is 0 Å². The maximum Gasteiger partial charge on any atom is 0.319 e. The topological polar surface area (TPSA) is 54.0 Å². The second kappa shape index (κ2) is 11.1. The van der Waals surface area contributed by atoms with Gasteiger partial charge in [0.25, 0.3) is 0 Å². The molecule has 0 radical (unpaired) electrons. The van der Waals surface area contributed by atoms with E-state index in [0.29, 0.717) is 29.4 Å². The van der Waals surface area contributed by atoms with E-state index in [9.17, 15) is 4.79 Å². The SMILES string of the molecule is Cc1c(O[Si](c2ccccc2)(c2ccccc2)C(C)(C)C)cc(C(=O)COCc2ccccc2)c2c1OCO2. The first kappa shape index (κ1) is 26.7. The summed E-state index contributed by atoms with van der Waals surface area (Å²) in [5, 5.41) is 2.07. The van der Waals surface area contributed by atoms with Crippen molar-refractivity contribution in [3.8, 4) is 17.2 Å². The predicted octanol–water partition coefficient (Wildman–Crippen LogP) is 6.06. The quantitative estimate of drug-likeness (QED) is 0.191. The molecule has 0 aromatic heterocycles. The molecule has 0 saturated heterocycles. The molecule has 0 amide bonds. The van der Waals surface area contributed by atoms with Crippen molar-refractivity contribution in [1.82, 2.24) is 0 Å². The van der Waals surface area contributed by atoms with Crippen LogP contribution in [0.5, 0.6) is 17.2 Å². The van der Waals surface area contributed by atoms with Gasteiger partial charge in [0.2, 0.25) is 6.79 Å². The summed E-state index contributed by atoms with van der Waals surface area (Å²) in [6, 6.07) is 32.5. The molecule has 0 unspecified atom stereocenters. The summed E-state index contributed by atoms with van der Waals surface area (Å²) in [5.74, 6) is 1.45. The number of ether oxygens (including phenoxy) is 3. The van der Waals surface area contributed by atoms with E-state index in [1.165, 1.54) is 0 Å². The zero-order valence-corrected chi connectivity index (χ0v) is 23.9. The molecule has 1 aliphatic rings. The van der Waals surface area contributed by atoms with Gasteiger partial charge in [-0.3, -0.25) is 4.79 Å². The van der Waals surface area contributed by atoms with E-state index in [-0.39, 0.29) is 24.2 Å². The third kappa shape index (κ3) is 5.22. The maximum absolute atomic E-state index is 13.5. The largest absolute Gasteiger partial charge is 0.534 e. The lowest BCUT2D eigenvalue weighted by Gasteiger charge is -2.43. The second-order valence-corrected chi connectivity index (χ2v) is 15.0. The average Bonchev–Trinajstić information content (AvgIpc) is 3.44. The van der Waals surface area contributed by atoms with Crippen molar-refractivity contribution in [2.75, 3.05) is 13.4 Å². The molecule has 0 atom stereocenters. The Morgan fingerprint density at radius 3 is 1.92 bits per heavy atom. The lowest BCUT2D eigenvalue weighted by Crippen LogP contribution is -2.68. The Balaban J connectivity index is 1.57. The van der Waals surface area contributed by atoms with Gasteiger partial charge >= 0.3 is 8.32 Å². The average molecular weight is 539 g/mol. The smallest absolute Gasteiger partial charge is 0.319 e. The monoisotopic (exact) mass is 538 g/mol. The molecule has 0 aliphatic carbocycles. The van der Waals surface area contributed by atoms with Gasteiger partial charge in [-0.1, -0.05) is 112 Å². The van der Waals surface area contributed by atoms with Crippen molar-refractivity contribution in [2.24, 2.45) is 0 Å². The van der Waals surface area contributed by atoms with Crippen molar-refractivity contribution < 1.29 is 23.4 Å². The molecule has 4 aromatic carbocycles. The fraction of sp³-hybridized carbons (Fsp3) is 0.242. The first-order valence-corrected chi connectivity index (χ1v) is 15.1. The Hall–Kier alpha value is -3.87. The van der Waals surface area contributed by atoms with Crippen LogP contribution in [0.15, 0.2) is 97.1 Å². The van der Waals surface area contributed by atoms with Crippen LogP contribution in [0.1, 0.15) is 42.3 Å². The standard InChI is InChI=1S/C33H34O5Si/c1-24-30(38-39(33(2,3)4,26-16-10-6-11-17-26)27-18-12-7-13-19-27)20-28(32-31(24)36-23-37-32)29(34)22-35-21-25-14-8-5-9-15-25/h5-20H,21-23H2,1-4H3. The third-order valence-electron chi connectivity index (χ3n) is 7.17. The number of ketones is 1. The zero-order valence-electron chi connectivity index (χ0n) is 22.9. The molecule has 1 aliphatic heterocycles. The number of Topliss-reactive ketones (excluding diaryl/α,β-unsaturated/α-hetero) is 1. The Morgan fingerprint density at radius 1 is 0.821 bits per heavy atom. The van der Waals surface area contributed by atoms with Crippen LogP contribution < -0.4 is 24.3 Å². The van der Waals surface area contributed by atoms with E-state index in [2.05, 4.69) is 69.3 Å². The van der Waals surface area contributed by atoms with Crippen LogP contribution in [-0.2, 0) is 11.3 Å². The number of fused-ring (bicyclic) bond motifs is 1. The lowest BCUT2D eigenvalue weighted by molar-refractivity contribution is 0.0722. The van der Waals surface area contributed by atoms with Crippen LogP contribution >= 0.6 is 0 Å². The number of carbonyl (C=O) groups is 1. The maximum atomic E-state index is 13.5. The normalized spacial score (nSPS) is 12.8. The molecule has 0 fully saturated rings. The highest BCUT2D eigenvalue weighted by atomic mass is 28.4. The van der Waals surface area contributed by atoms with Gasteiger partial charge in [-0.25, -0.2) is 0 Å². The summed E-state index contributed by atoms with van der Waals surface area (Å²) in [7, 11) is -2.92. The number of carbonyl (C=O) groups excluding carboxylic acids is 1. The molecule has 0 bridgehead atoms. The first-order chi connectivity index (χ1) is 18.8. The molecule has 0 saturated carbocycles. The van der Waals surface area contributed by atoms with Gasteiger partial charge < -0.3 is 18.6 Å². The van der Waals surface area contributed by atoms with Gasteiger partial charge in [0, 0.05) is 5.56 Å². The summed E-state index contributed by atoms with van der Waals surface area (Å²) in [5.41, 5.74) is 2.24. The summed E-state index contributed by atoms with van der Waals surface area (Å²) in [4.78, 5) is 13.5. The summed E-state index contributed by atoms with van der Waals surface area (Å²) in [6.07, 6.45) is 0. The Bertz CT molecular complexity index is 1390. The predicted molar refractivity (Wildman–Crippen MR) is 156 cm³/mol. The van der Waals surface area contributed by atoms with Gasteiger partial charge in [-0.15, -0.1) is 0 Å². The van der Waals surface area contributed by atoms with Crippen molar-refractivity contribution in [1.29, 1.82) is 0 Å². The van der Waals surface area contributed by atoms with Crippen LogP contribution in [0.25, 0.3) is 0 Å². The highest BCUT2D eigenvalue weighted by Gasteiger charge is 2.52. The van der Waals surface area contributed by atoms with Crippen LogP contribution in [-0.4, -0.2) is 27.5 Å². The van der Waals surface area contributed by atoms with Crippen molar-refractivity contribution in [3.05, 3.63) is 114 Å². The molecular weight excluding hydrogens is 504 g/mol. The molecule has 39 heavy (non-hydrogen) atoms. The van der Waals surface area contributed by atoms with Gasteiger partial charge in [0.1, 0.15) is 12.4 Å². The second-order valence-electron chi connectivity index (χ2n) is 10.8. The highest BCUT2D eigenvalue weighted by Crippen LogP contribution is 2.46. The third-order valence-corrected chi connectivity index (χ3v) is 12.1. The van der Waals surface area contributed by atoms with E-state index in [0.717, 1.165) is 21.5 Å². The Morgan fingerprint density at radius 2 is 1.36 bits per heavy atom. The molecule has 0 spiro atoms. The van der Waals surface area contributed by atoms with Crippen molar-refractivity contribution in [3.63, 3.8) is 0 Å². The molecule has 200 valence electrons. The van der Waals surface area contributed by atoms with Crippen molar-refractivity contribution in [2.45, 2.75) is 39.3 Å². The molecular formula is C33H34O5Si. The number of rotatable bonds is 9. The van der Waals surface area contributed by atoms with Crippen LogP contribution in [0.4, 0.5) is 0 Å². The van der Waals surface area contributed by atoms with Crippen molar-refractivity contribution >= 4 is 24.5 Å². The minimum absolute atomic E-state index is 0.0595. The summed E-state index contributed by atoms with van der Waals surface area (Å²) >= 11 is 0. The minimum Gasteiger partial charge on any atom is -0.534 e. The molecule has 6 heteroatoms. The zero-order chi connectivity index (χ0) is 27.5.